The minimum absolute atomic E-state index is 0. The van der Waals surface area contributed by atoms with Crippen LogP contribution in [0.25, 0.3) is 0 Å². The molecular weight excluding hydrogens is 352 g/mol. The maximum Gasteiger partial charge on any atom is 0.276 e. The van der Waals surface area contributed by atoms with Gasteiger partial charge in [-0.1, -0.05) is 26.0 Å². The van der Waals surface area contributed by atoms with Crippen LogP contribution in [0.3, 0.4) is 0 Å². The zero-order chi connectivity index (χ0) is 17.6. The topological polar surface area (TPSA) is 68.2 Å². The van der Waals surface area contributed by atoms with Gasteiger partial charge < -0.3 is 15.4 Å². The van der Waals surface area contributed by atoms with Crippen LogP contribution >= 0.6 is 12.4 Å². The lowest BCUT2D eigenvalue weighted by Gasteiger charge is -2.22. The Morgan fingerprint density at radius 3 is 2.92 bits per heavy atom. The number of hydrogen-bond acceptors (Lipinski definition) is 4. The third-order valence-corrected chi connectivity index (χ3v) is 4.19. The normalized spacial score (nSPS) is 16.8. The van der Waals surface area contributed by atoms with Crippen molar-refractivity contribution in [1.29, 1.82) is 0 Å². The molecule has 1 atom stereocenters. The molecule has 3 rings (SSSR count). The lowest BCUT2D eigenvalue weighted by Crippen LogP contribution is -2.32. The summed E-state index contributed by atoms with van der Waals surface area (Å²) in [5, 5.41) is 10.7. The van der Waals surface area contributed by atoms with Crippen LogP contribution in [-0.4, -0.2) is 35.4 Å². The van der Waals surface area contributed by atoms with Crippen LogP contribution in [-0.2, 0) is 0 Å². The van der Waals surface area contributed by atoms with E-state index >= 15 is 0 Å². The van der Waals surface area contributed by atoms with Gasteiger partial charge in [0.05, 0.1) is 18.3 Å². The van der Waals surface area contributed by atoms with Crippen LogP contribution in [0.5, 0.6) is 5.75 Å². The van der Waals surface area contributed by atoms with E-state index in [-0.39, 0.29) is 18.3 Å². The first-order valence-corrected chi connectivity index (χ1v) is 8.92. The monoisotopic (exact) mass is 378 g/mol. The Kier molecular flexibility index (Phi) is 7.48. The summed E-state index contributed by atoms with van der Waals surface area (Å²) >= 11 is 0. The van der Waals surface area contributed by atoms with E-state index in [1.165, 1.54) is 0 Å². The van der Waals surface area contributed by atoms with Gasteiger partial charge in [0.2, 0.25) is 0 Å². The van der Waals surface area contributed by atoms with Gasteiger partial charge in [-0.25, -0.2) is 0 Å². The predicted molar refractivity (Wildman–Crippen MR) is 105 cm³/mol. The van der Waals surface area contributed by atoms with Crippen molar-refractivity contribution in [3.8, 4) is 5.75 Å². The summed E-state index contributed by atoms with van der Waals surface area (Å²) in [5.41, 5.74) is 1.09. The van der Waals surface area contributed by atoms with E-state index in [0.29, 0.717) is 35.7 Å². The highest BCUT2D eigenvalue weighted by Crippen LogP contribution is 2.25. The number of carbonyl (C=O) groups excluding carboxylic acids is 1. The molecule has 1 aliphatic heterocycles. The molecule has 1 aliphatic rings. The fraction of sp³-hybridized carbons (Fsp3) is 0.474. The Morgan fingerprint density at radius 2 is 2.19 bits per heavy atom. The Labute approximate surface area is 160 Å². The molecule has 2 heterocycles. The van der Waals surface area contributed by atoms with Crippen molar-refractivity contribution in [3.63, 3.8) is 0 Å². The van der Waals surface area contributed by atoms with Crippen molar-refractivity contribution >= 4 is 24.0 Å². The van der Waals surface area contributed by atoms with Crippen LogP contribution in [0.1, 0.15) is 43.2 Å². The number of benzene rings is 1. The molecular formula is C19H27ClN4O2. The molecule has 1 unspecified atom stereocenters. The fourth-order valence-corrected chi connectivity index (χ4v) is 2.86. The molecule has 1 saturated heterocycles. The summed E-state index contributed by atoms with van der Waals surface area (Å²) in [6, 6.07) is 9.57. The molecule has 0 saturated carbocycles. The van der Waals surface area contributed by atoms with Gasteiger partial charge in [0.1, 0.15) is 5.75 Å². The first kappa shape index (κ1) is 20.3. The van der Waals surface area contributed by atoms with Crippen molar-refractivity contribution in [2.45, 2.75) is 32.7 Å². The summed E-state index contributed by atoms with van der Waals surface area (Å²) in [6.07, 6.45) is 4.10. The minimum Gasteiger partial charge on any atom is -0.491 e. The number of carbonyl (C=O) groups is 1. The second-order valence-corrected chi connectivity index (χ2v) is 6.84. The van der Waals surface area contributed by atoms with E-state index in [2.05, 4.69) is 29.6 Å². The smallest absolute Gasteiger partial charge is 0.276 e. The maximum absolute atomic E-state index is 12.5. The van der Waals surface area contributed by atoms with Gasteiger partial charge >= 0.3 is 0 Å². The molecule has 26 heavy (non-hydrogen) atoms. The van der Waals surface area contributed by atoms with E-state index in [1.54, 1.807) is 6.07 Å². The lowest BCUT2D eigenvalue weighted by atomic mass is 10.1. The van der Waals surface area contributed by atoms with Crippen LogP contribution in [0.15, 0.2) is 36.5 Å². The largest absolute Gasteiger partial charge is 0.491 e. The van der Waals surface area contributed by atoms with Crippen LogP contribution in [0, 0.1) is 5.92 Å². The second-order valence-electron chi connectivity index (χ2n) is 6.84. The first-order valence-electron chi connectivity index (χ1n) is 8.92. The summed E-state index contributed by atoms with van der Waals surface area (Å²) in [4.78, 5) is 12.5. The van der Waals surface area contributed by atoms with Crippen LogP contribution in [0.2, 0.25) is 0 Å². The second kappa shape index (κ2) is 9.59. The van der Waals surface area contributed by atoms with Gasteiger partial charge in [0.25, 0.3) is 5.91 Å². The zero-order valence-corrected chi connectivity index (χ0v) is 16.1. The number of halogens is 1. The molecule has 0 spiro atoms. The van der Waals surface area contributed by atoms with Gasteiger partial charge in [0.15, 0.2) is 5.69 Å². The summed E-state index contributed by atoms with van der Waals surface area (Å²) in [6.45, 7) is 6.74. The SMILES string of the molecule is CC(C)COc1ccccc1NC(=O)c1ccn(C2CCCNC2)n1.Cl. The van der Waals surface area contributed by atoms with Crippen molar-refractivity contribution in [1.82, 2.24) is 15.1 Å². The van der Waals surface area contributed by atoms with E-state index in [9.17, 15) is 4.79 Å². The lowest BCUT2D eigenvalue weighted by molar-refractivity contribution is 0.102. The molecule has 7 heteroatoms. The molecule has 0 radical (unpaired) electrons. The molecule has 1 fully saturated rings. The van der Waals surface area contributed by atoms with Crippen molar-refractivity contribution in [2.24, 2.45) is 5.92 Å². The maximum atomic E-state index is 12.5. The number of anilines is 1. The van der Waals surface area contributed by atoms with E-state index in [4.69, 9.17) is 4.74 Å². The number of piperidine rings is 1. The standard InChI is InChI=1S/C19H26N4O2.ClH/c1-14(2)13-25-18-8-4-3-7-16(18)21-19(24)17-9-11-23(22-17)15-6-5-10-20-12-15;/h3-4,7-9,11,14-15,20H,5-6,10,12-13H2,1-2H3,(H,21,24);1H. The predicted octanol–water partition coefficient (Wildman–Crippen LogP) is 3.52. The highest BCUT2D eigenvalue weighted by molar-refractivity contribution is 6.03. The third-order valence-electron chi connectivity index (χ3n) is 4.19. The molecule has 1 aromatic heterocycles. The van der Waals surface area contributed by atoms with Crippen molar-refractivity contribution in [3.05, 3.63) is 42.2 Å². The summed E-state index contributed by atoms with van der Waals surface area (Å²) in [7, 11) is 0. The molecule has 142 valence electrons. The number of nitrogens with one attached hydrogen (secondary N) is 2. The number of aromatic nitrogens is 2. The van der Waals surface area contributed by atoms with E-state index in [0.717, 1.165) is 25.9 Å². The highest BCUT2D eigenvalue weighted by atomic mass is 35.5. The number of hydrogen-bond donors (Lipinski definition) is 2. The highest BCUT2D eigenvalue weighted by Gasteiger charge is 2.18. The first-order chi connectivity index (χ1) is 12.1. The van der Waals surface area contributed by atoms with Crippen LogP contribution in [0.4, 0.5) is 5.69 Å². The van der Waals surface area contributed by atoms with Crippen molar-refractivity contribution in [2.75, 3.05) is 25.0 Å². The molecule has 2 N–H and O–H groups in total. The molecule has 1 amide bonds. The average Bonchev–Trinajstić information content (AvgIpc) is 3.12. The Bertz CT molecular complexity index is 711. The van der Waals surface area contributed by atoms with Gasteiger partial charge in [-0.05, 0) is 43.5 Å². The molecule has 6 nitrogen and oxygen atoms in total. The van der Waals surface area contributed by atoms with E-state index in [1.807, 2.05) is 35.1 Å². The fourth-order valence-electron chi connectivity index (χ4n) is 2.86. The number of ether oxygens (including phenoxy) is 1. The quantitative estimate of drug-likeness (QED) is 0.807. The zero-order valence-electron chi connectivity index (χ0n) is 15.3. The van der Waals surface area contributed by atoms with Crippen LogP contribution < -0.4 is 15.4 Å². The Balaban J connectivity index is 0.00000243. The van der Waals surface area contributed by atoms with E-state index < -0.39 is 0 Å². The number of nitrogens with zero attached hydrogens (tertiary/aromatic N) is 2. The Morgan fingerprint density at radius 1 is 1.38 bits per heavy atom. The summed E-state index contributed by atoms with van der Waals surface area (Å²) < 4.78 is 7.68. The molecule has 2 aromatic rings. The van der Waals surface area contributed by atoms with Crippen molar-refractivity contribution < 1.29 is 9.53 Å². The van der Waals surface area contributed by atoms with Gasteiger partial charge in [0, 0.05) is 12.7 Å². The number of rotatable bonds is 6. The summed E-state index contributed by atoms with van der Waals surface area (Å²) in [5.74, 6) is 0.882. The third kappa shape index (κ3) is 5.22. The minimum atomic E-state index is -0.219. The Hall–Kier alpha value is -2.05. The molecule has 0 bridgehead atoms. The van der Waals surface area contributed by atoms with Gasteiger partial charge in [-0.2, -0.15) is 5.10 Å². The van der Waals surface area contributed by atoms with Gasteiger partial charge in [-0.3, -0.25) is 9.48 Å². The number of para-hydroxylation sites is 2. The molecule has 0 aliphatic carbocycles. The van der Waals surface area contributed by atoms with Gasteiger partial charge in [-0.15, -0.1) is 12.4 Å². The number of amides is 1. The average molecular weight is 379 g/mol. The molecule has 1 aromatic carbocycles.